The molecule has 0 aliphatic carbocycles. The summed E-state index contributed by atoms with van der Waals surface area (Å²) in [5.41, 5.74) is 1.89. The Kier molecular flexibility index (Phi) is 7.75. The van der Waals surface area contributed by atoms with E-state index in [1.807, 2.05) is 54.6 Å². The number of para-hydroxylation sites is 1. The van der Waals surface area contributed by atoms with Crippen LogP contribution >= 0.6 is 11.3 Å². The Morgan fingerprint density at radius 2 is 1.70 bits per heavy atom. The predicted octanol–water partition coefficient (Wildman–Crippen LogP) is 4.52. The number of carbonyl (C=O) groups excluding carboxylic acids is 2. The number of carbonyl (C=O) groups is 2. The molecular formula is C31H26N2O6S. The van der Waals surface area contributed by atoms with E-state index in [0.29, 0.717) is 37.8 Å². The molecule has 1 aliphatic rings. The molecule has 0 fully saturated rings. The maximum absolute atomic E-state index is 13.8. The van der Waals surface area contributed by atoms with Crippen molar-refractivity contribution in [2.75, 3.05) is 6.61 Å². The van der Waals surface area contributed by atoms with Gasteiger partial charge in [0.15, 0.2) is 4.80 Å². The van der Waals surface area contributed by atoms with Crippen LogP contribution in [-0.2, 0) is 14.3 Å². The van der Waals surface area contributed by atoms with Crippen molar-refractivity contribution in [3.05, 3.63) is 121 Å². The molecule has 4 aromatic rings. The number of hydrogen-bond donors (Lipinski definition) is 0. The van der Waals surface area contributed by atoms with Gasteiger partial charge in [0.1, 0.15) is 17.2 Å². The summed E-state index contributed by atoms with van der Waals surface area (Å²) < 4.78 is 18.4. The fourth-order valence-corrected chi connectivity index (χ4v) is 5.48. The number of thiazole rings is 1. The van der Waals surface area contributed by atoms with Gasteiger partial charge in [0.05, 0.1) is 28.5 Å². The number of fused-ring (bicyclic) bond motifs is 1. The Morgan fingerprint density at radius 1 is 0.975 bits per heavy atom. The lowest BCUT2D eigenvalue weighted by Crippen LogP contribution is -2.39. The molecule has 3 aromatic carbocycles. The van der Waals surface area contributed by atoms with Gasteiger partial charge in [-0.05, 0) is 67.4 Å². The van der Waals surface area contributed by atoms with E-state index < -0.39 is 18.0 Å². The first-order valence-corrected chi connectivity index (χ1v) is 13.5. The van der Waals surface area contributed by atoms with Gasteiger partial charge in [-0.1, -0.05) is 53.8 Å². The van der Waals surface area contributed by atoms with Crippen molar-refractivity contribution < 1.29 is 23.8 Å². The van der Waals surface area contributed by atoms with Crippen molar-refractivity contribution >= 4 is 29.4 Å². The third kappa shape index (κ3) is 5.64. The normalized spacial score (nSPS) is 14.8. The van der Waals surface area contributed by atoms with Crippen LogP contribution in [0, 0.1) is 0 Å². The molecule has 2 heterocycles. The van der Waals surface area contributed by atoms with Crippen molar-refractivity contribution in [1.82, 2.24) is 4.57 Å². The number of rotatable bonds is 7. The van der Waals surface area contributed by atoms with Gasteiger partial charge < -0.3 is 14.2 Å². The van der Waals surface area contributed by atoms with E-state index in [0.717, 1.165) is 5.56 Å². The minimum Gasteiger partial charge on any atom is -0.463 e. The molecule has 0 amide bonds. The first-order chi connectivity index (χ1) is 19.3. The third-order valence-corrected chi connectivity index (χ3v) is 7.09. The highest BCUT2D eigenvalue weighted by Gasteiger charge is 2.33. The molecule has 1 atom stereocenters. The highest BCUT2D eigenvalue weighted by atomic mass is 32.1. The number of nitrogens with zero attached hydrogens (tertiary/aromatic N) is 2. The summed E-state index contributed by atoms with van der Waals surface area (Å²) in [7, 11) is 0. The number of ether oxygens (including phenoxy) is 3. The summed E-state index contributed by atoms with van der Waals surface area (Å²) in [5.74, 6) is 0.721. The Bertz CT molecular complexity index is 1790. The van der Waals surface area contributed by atoms with E-state index in [9.17, 15) is 14.4 Å². The van der Waals surface area contributed by atoms with Gasteiger partial charge in [-0.15, -0.1) is 0 Å². The zero-order valence-electron chi connectivity index (χ0n) is 22.1. The molecule has 0 N–H and O–H groups in total. The van der Waals surface area contributed by atoms with Gasteiger partial charge in [0, 0.05) is 6.92 Å². The van der Waals surface area contributed by atoms with E-state index in [1.54, 1.807) is 44.2 Å². The number of hydrogen-bond acceptors (Lipinski definition) is 8. The standard InChI is InChI=1S/C31H26N2O6S/c1-4-37-30(36)27-19(2)32-31-33(28(27)22-13-15-24(16-14-22)38-20(3)34)29(35)26(40-31)18-21-9-8-12-25(17-21)39-23-10-6-5-7-11-23/h5-18,28H,4H2,1-3H3/b26-18-/t28-/m1/s1. The van der Waals surface area contributed by atoms with Crippen LogP contribution in [0.1, 0.15) is 37.9 Å². The Morgan fingerprint density at radius 3 is 2.40 bits per heavy atom. The van der Waals surface area contributed by atoms with Gasteiger partial charge in [0.25, 0.3) is 5.56 Å². The van der Waals surface area contributed by atoms with Crippen LogP contribution in [0.4, 0.5) is 0 Å². The fourth-order valence-electron chi connectivity index (χ4n) is 4.43. The molecule has 1 aliphatic heterocycles. The molecule has 0 radical (unpaired) electrons. The van der Waals surface area contributed by atoms with Crippen LogP contribution in [0.3, 0.4) is 0 Å². The molecule has 0 saturated carbocycles. The summed E-state index contributed by atoms with van der Waals surface area (Å²) in [6.07, 6.45) is 1.78. The second kappa shape index (κ2) is 11.5. The Balaban J connectivity index is 1.59. The van der Waals surface area contributed by atoms with Crippen LogP contribution in [0.25, 0.3) is 6.08 Å². The highest BCUT2D eigenvalue weighted by molar-refractivity contribution is 7.07. The number of benzene rings is 3. The molecule has 202 valence electrons. The molecule has 5 rings (SSSR count). The van der Waals surface area contributed by atoms with Gasteiger partial charge >= 0.3 is 11.9 Å². The topological polar surface area (TPSA) is 96.2 Å². The average Bonchev–Trinajstić information content (AvgIpc) is 3.23. The molecule has 0 bridgehead atoms. The van der Waals surface area contributed by atoms with E-state index in [4.69, 9.17) is 14.2 Å². The van der Waals surface area contributed by atoms with Crippen molar-refractivity contribution in [3.63, 3.8) is 0 Å². The first-order valence-electron chi connectivity index (χ1n) is 12.6. The monoisotopic (exact) mass is 554 g/mol. The quantitative estimate of drug-likeness (QED) is 0.246. The third-order valence-electron chi connectivity index (χ3n) is 6.11. The minimum atomic E-state index is -0.767. The molecular weight excluding hydrogens is 528 g/mol. The van der Waals surface area contributed by atoms with Crippen LogP contribution in [0.15, 0.2) is 99.9 Å². The zero-order valence-corrected chi connectivity index (χ0v) is 22.9. The van der Waals surface area contributed by atoms with Gasteiger partial charge in [-0.2, -0.15) is 0 Å². The SMILES string of the molecule is CCOC(=O)C1=C(C)N=c2s/c(=C\c3cccc(Oc4ccccc4)c3)c(=O)n2[C@@H]1c1ccc(OC(C)=O)cc1. The average molecular weight is 555 g/mol. The van der Waals surface area contributed by atoms with E-state index in [2.05, 4.69) is 4.99 Å². The Hall–Kier alpha value is -4.76. The maximum Gasteiger partial charge on any atom is 0.338 e. The van der Waals surface area contributed by atoms with Crippen LogP contribution in [0.5, 0.6) is 17.2 Å². The summed E-state index contributed by atoms with van der Waals surface area (Å²) >= 11 is 1.24. The largest absolute Gasteiger partial charge is 0.463 e. The molecule has 0 unspecified atom stereocenters. The van der Waals surface area contributed by atoms with Crippen LogP contribution in [-0.4, -0.2) is 23.1 Å². The lowest BCUT2D eigenvalue weighted by atomic mass is 9.96. The van der Waals surface area contributed by atoms with Gasteiger partial charge in [-0.25, -0.2) is 9.79 Å². The van der Waals surface area contributed by atoms with Gasteiger partial charge in [-0.3, -0.25) is 14.2 Å². The van der Waals surface area contributed by atoms with Crippen LogP contribution in [0.2, 0.25) is 0 Å². The molecule has 0 spiro atoms. The molecule has 1 aromatic heterocycles. The second-order valence-electron chi connectivity index (χ2n) is 8.95. The highest BCUT2D eigenvalue weighted by Crippen LogP contribution is 2.31. The zero-order chi connectivity index (χ0) is 28.2. The lowest BCUT2D eigenvalue weighted by molar-refractivity contribution is -0.139. The fraction of sp³-hybridized carbons (Fsp3) is 0.161. The predicted molar refractivity (Wildman–Crippen MR) is 151 cm³/mol. The van der Waals surface area contributed by atoms with Crippen molar-refractivity contribution in [2.24, 2.45) is 4.99 Å². The van der Waals surface area contributed by atoms with Crippen molar-refractivity contribution in [3.8, 4) is 17.2 Å². The van der Waals surface area contributed by atoms with E-state index >= 15 is 0 Å². The van der Waals surface area contributed by atoms with Crippen LogP contribution < -0.4 is 24.4 Å². The molecule has 0 saturated heterocycles. The van der Waals surface area contributed by atoms with E-state index in [-0.39, 0.29) is 17.7 Å². The number of allylic oxidation sites excluding steroid dienone is 1. The minimum absolute atomic E-state index is 0.180. The van der Waals surface area contributed by atoms with Crippen molar-refractivity contribution in [1.29, 1.82) is 0 Å². The number of aromatic nitrogens is 1. The van der Waals surface area contributed by atoms with E-state index in [1.165, 1.54) is 22.8 Å². The summed E-state index contributed by atoms with van der Waals surface area (Å²) in [4.78, 5) is 43.3. The maximum atomic E-state index is 13.8. The summed E-state index contributed by atoms with van der Waals surface area (Å²) in [5, 5.41) is 0. The molecule has 40 heavy (non-hydrogen) atoms. The lowest BCUT2D eigenvalue weighted by Gasteiger charge is -2.24. The van der Waals surface area contributed by atoms with Gasteiger partial charge in [0.2, 0.25) is 0 Å². The summed E-state index contributed by atoms with van der Waals surface area (Å²) in [6.45, 7) is 4.95. The van der Waals surface area contributed by atoms with Crippen molar-refractivity contribution in [2.45, 2.75) is 26.8 Å². The Labute approximate surface area is 234 Å². The summed E-state index contributed by atoms with van der Waals surface area (Å²) in [6, 6.07) is 22.8. The number of esters is 2. The smallest absolute Gasteiger partial charge is 0.338 e. The molecule has 8 nitrogen and oxygen atoms in total. The molecule has 9 heteroatoms. The second-order valence-corrected chi connectivity index (χ2v) is 9.96. The first kappa shape index (κ1) is 26.8.